The normalized spacial score (nSPS) is 14.5. The molecule has 37 heavy (non-hydrogen) atoms. The first-order valence-corrected chi connectivity index (χ1v) is 10.4. The van der Waals surface area contributed by atoms with Crippen LogP contribution in [0.1, 0.15) is 18.4 Å². The molecule has 0 aliphatic carbocycles. The standard InChI is InChI=1S/C18H13Cl3F13NO2/c19-13(20,21)11(35)37-8-9-2-4-10(5-3-9)36-7-1-6-12(22,23)14(24,25)15(26,27)16(28,29)17(30,31)18(32,33)34/h2-5,35H,1,6-8H2. The number of benzene rings is 1. The first-order valence-electron chi connectivity index (χ1n) is 9.29. The molecule has 1 aromatic rings. The van der Waals surface area contributed by atoms with Crippen LogP contribution >= 0.6 is 34.8 Å². The lowest BCUT2D eigenvalue weighted by Gasteiger charge is -2.39. The van der Waals surface area contributed by atoms with Crippen molar-refractivity contribution in [3.8, 4) is 5.75 Å². The minimum absolute atomic E-state index is 0.114. The molecule has 0 aromatic heterocycles. The van der Waals surface area contributed by atoms with Gasteiger partial charge in [0.15, 0.2) is 0 Å². The summed E-state index contributed by atoms with van der Waals surface area (Å²) in [6, 6.07) is 4.90. The molecule has 0 saturated heterocycles. The maximum absolute atomic E-state index is 13.7. The maximum atomic E-state index is 13.7. The summed E-state index contributed by atoms with van der Waals surface area (Å²) in [4.78, 5) is 0. The Morgan fingerprint density at radius 3 is 1.59 bits per heavy atom. The third-order valence-electron chi connectivity index (χ3n) is 4.47. The van der Waals surface area contributed by atoms with E-state index in [1.165, 1.54) is 24.3 Å². The van der Waals surface area contributed by atoms with Crippen LogP contribution in [-0.2, 0) is 11.3 Å². The third kappa shape index (κ3) is 6.91. The Balaban J connectivity index is 2.81. The molecule has 0 bridgehead atoms. The van der Waals surface area contributed by atoms with Gasteiger partial charge in [-0.2, -0.15) is 57.1 Å². The zero-order valence-corrected chi connectivity index (χ0v) is 19.8. The fourth-order valence-electron chi connectivity index (χ4n) is 2.36. The van der Waals surface area contributed by atoms with Crippen molar-refractivity contribution in [2.75, 3.05) is 6.61 Å². The number of halogens is 16. The first-order chi connectivity index (χ1) is 16.3. The molecular formula is C18H13Cl3F13NO2. The molecule has 1 rings (SSSR count). The number of alkyl halides is 16. The summed E-state index contributed by atoms with van der Waals surface area (Å²) in [5, 5.41) is 7.34. The van der Waals surface area contributed by atoms with Gasteiger partial charge in [0.25, 0.3) is 3.79 Å². The van der Waals surface area contributed by atoms with Crippen LogP contribution in [0.3, 0.4) is 0 Å². The van der Waals surface area contributed by atoms with Gasteiger partial charge in [0.2, 0.25) is 5.90 Å². The molecule has 3 nitrogen and oxygen atoms in total. The Morgan fingerprint density at radius 1 is 0.703 bits per heavy atom. The van der Waals surface area contributed by atoms with Crippen LogP contribution < -0.4 is 4.74 Å². The average Bonchev–Trinajstić information content (AvgIpc) is 2.73. The second kappa shape index (κ2) is 10.9. The number of nitrogens with one attached hydrogen (secondary N) is 1. The highest BCUT2D eigenvalue weighted by atomic mass is 35.6. The first kappa shape index (κ1) is 33.5. The third-order valence-corrected chi connectivity index (χ3v) is 4.98. The van der Waals surface area contributed by atoms with E-state index in [9.17, 15) is 57.1 Å². The lowest BCUT2D eigenvalue weighted by Crippen LogP contribution is -2.70. The van der Waals surface area contributed by atoms with Gasteiger partial charge in [0, 0.05) is 6.42 Å². The SMILES string of the molecule is N=C(OCc1ccc(OCCCC(F)(F)C(F)(F)C(F)(F)C(F)(F)C(F)(F)C(F)(F)F)cc1)C(Cl)(Cl)Cl. The lowest BCUT2D eigenvalue weighted by atomic mass is 9.92. The van der Waals surface area contributed by atoms with Crippen LogP contribution in [0.5, 0.6) is 5.75 Å². The summed E-state index contributed by atoms with van der Waals surface area (Å²) < 4.78 is 177. The molecule has 0 radical (unpaired) electrons. The van der Waals surface area contributed by atoms with Crippen molar-refractivity contribution in [3.05, 3.63) is 29.8 Å². The zero-order valence-electron chi connectivity index (χ0n) is 17.5. The molecule has 0 unspecified atom stereocenters. The zero-order chi connectivity index (χ0) is 29.3. The molecule has 0 aliphatic rings. The van der Waals surface area contributed by atoms with E-state index in [0.717, 1.165) is 0 Å². The van der Waals surface area contributed by atoms with Crippen LogP contribution in [0, 0.1) is 5.41 Å². The Hall–Kier alpha value is -1.55. The monoisotopic (exact) mass is 627 g/mol. The second-order valence-corrected chi connectivity index (χ2v) is 9.49. The predicted molar refractivity (Wildman–Crippen MR) is 105 cm³/mol. The largest absolute Gasteiger partial charge is 0.494 e. The van der Waals surface area contributed by atoms with Crippen LogP contribution in [0.25, 0.3) is 0 Å². The molecule has 1 N–H and O–H groups in total. The molecule has 0 fully saturated rings. The van der Waals surface area contributed by atoms with Crippen molar-refractivity contribution >= 4 is 40.7 Å². The van der Waals surface area contributed by atoms with E-state index in [0.29, 0.717) is 5.56 Å². The van der Waals surface area contributed by atoms with Gasteiger partial charge < -0.3 is 9.47 Å². The Bertz CT molecular complexity index is 932. The Labute approximate surface area is 214 Å². The van der Waals surface area contributed by atoms with Crippen LogP contribution in [0.2, 0.25) is 0 Å². The average molecular weight is 629 g/mol. The van der Waals surface area contributed by atoms with E-state index in [2.05, 4.69) is 0 Å². The van der Waals surface area contributed by atoms with E-state index in [1.54, 1.807) is 0 Å². The van der Waals surface area contributed by atoms with Gasteiger partial charge in [-0.05, 0) is 24.1 Å². The number of hydrogen-bond acceptors (Lipinski definition) is 3. The molecule has 0 spiro atoms. The maximum Gasteiger partial charge on any atom is 0.460 e. The van der Waals surface area contributed by atoms with Crippen LogP contribution in [-0.4, -0.2) is 52.1 Å². The van der Waals surface area contributed by atoms with Gasteiger partial charge in [-0.3, -0.25) is 5.41 Å². The Kier molecular flexibility index (Phi) is 9.87. The van der Waals surface area contributed by atoms with Crippen molar-refractivity contribution in [3.63, 3.8) is 0 Å². The molecule has 0 amide bonds. The van der Waals surface area contributed by atoms with E-state index in [4.69, 9.17) is 49.7 Å². The highest BCUT2D eigenvalue weighted by Crippen LogP contribution is 2.60. The van der Waals surface area contributed by atoms with Gasteiger partial charge in [-0.15, -0.1) is 0 Å². The summed E-state index contributed by atoms with van der Waals surface area (Å²) >= 11 is 16.2. The number of ether oxygens (including phenoxy) is 2. The van der Waals surface area contributed by atoms with E-state index in [-0.39, 0.29) is 12.4 Å². The topological polar surface area (TPSA) is 42.3 Å². The van der Waals surface area contributed by atoms with Crippen molar-refractivity contribution < 1.29 is 66.5 Å². The fraction of sp³-hybridized carbons (Fsp3) is 0.611. The number of rotatable bonds is 11. The fourth-order valence-corrected chi connectivity index (χ4v) is 2.53. The molecule has 1 aromatic carbocycles. The van der Waals surface area contributed by atoms with Crippen molar-refractivity contribution in [2.24, 2.45) is 0 Å². The quantitative estimate of drug-likeness (QED) is 0.0879. The van der Waals surface area contributed by atoms with Gasteiger partial charge in [0.05, 0.1) is 6.61 Å². The van der Waals surface area contributed by atoms with Gasteiger partial charge >= 0.3 is 35.8 Å². The van der Waals surface area contributed by atoms with Gasteiger partial charge in [-0.25, -0.2) is 0 Å². The molecule has 214 valence electrons. The van der Waals surface area contributed by atoms with Crippen LogP contribution in [0.15, 0.2) is 24.3 Å². The predicted octanol–water partition coefficient (Wildman–Crippen LogP) is 8.45. The molecule has 0 heterocycles. The summed E-state index contributed by atoms with van der Waals surface area (Å²) in [7, 11) is 0. The summed E-state index contributed by atoms with van der Waals surface area (Å²) in [5.74, 6) is -37.8. The smallest absolute Gasteiger partial charge is 0.460 e. The van der Waals surface area contributed by atoms with E-state index < -0.39 is 64.9 Å². The van der Waals surface area contributed by atoms with Crippen molar-refractivity contribution in [2.45, 2.75) is 59.0 Å². The highest BCUT2D eigenvalue weighted by molar-refractivity contribution is 6.76. The summed E-state index contributed by atoms with van der Waals surface area (Å²) in [5.41, 5.74) is 0.358. The van der Waals surface area contributed by atoms with E-state index in [1.807, 2.05) is 0 Å². The highest BCUT2D eigenvalue weighted by Gasteiger charge is 2.90. The molecule has 0 saturated carbocycles. The molecular weight excluding hydrogens is 616 g/mol. The van der Waals surface area contributed by atoms with Gasteiger partial charge in [-0.1, -0.05) is 46.9 Å². The summed E-state index contributed by atoms with van der Waals surface area (Å²) in [6.45, 7) is -1.19. The lowest BCUT2D eigenvalue weighted by molar-refractivity contribution is -0.440. The summed E-state index contributed by atoms with van der Waals surface area (Å²) in [6.07, 6.45) is -11.1. The van der Waals surface area contributed by atoms with E-state index >= 15 is 0 Å². The molecule has 0 aliphatic heterocycles. The Morgan fingerprint density at radius 2 is 1.16 bits per heavy atom. The number of hydrogen-bond donors (Lipinski definition) is 1. The second-order valence-electron chi connectivity index (χ2n) is 7.21. The minimum Gasteiger partial charge on any atom is -0.494 e. The molecule has 19 heteroatoms. The molecule has 0 atom stereocenters. The van der Waals surface area contributed by atoms with Crippen molar-refractivity contribution in [1.29, 1.82) is 5.41 Å². The van der Waals surface area contributed by atoms with Crippen molar-refractivity contribution in [1.82, 2.24) is 0 Å². The minimum atomic E-state index is -7.93. The van der Waals surface area contributed by atoms with Gasteiger partial charge in [0.1, 0.15) is 12.4 Å². The van der Waals surface area contributed by atoms with Crippen LogP contribution in [0.4, 0.5) is 57.1 Å².